The highest BCUT2D eigenvalue weighted by molar-refractivity contribution is 6.36. The standard InChI is InChI=1S/C18H15Cl2N3O/c1-12(24)22-23-11-17(15-8-7-14(19)10-16(15)20)21-18(23)9-13-5-3-2-4-6-13/h2-8,10-11H,9H2,1H3,(H,22,24). The number of imidazole rings is 1. The molecule has 122 valence electrons. The van der Waals surface area contributed by atoms with Gasteiger partial charge < -0.3 is 0 Å². The average Bonchev–Trinajstić information content (AvgIpc) is 2.90. The lowest BCUT2D eigenvalue weighted by atomic mass is 10.1. The van der Waals surface area contributed by atoms with E-state index in [4.69, 9.17) is 23.2 Å². The molecule has 0 fully saturated rings. The highest BCUT2D eigenvalue weighted by Gasteiger charge is 2.13. The van der Waals surface area contributed by atoms with E-state index in [1.165, 1.54) is 6.92 Å². The van der Waals surface area contributed by atoms with E-state index in [9.17, 15) is 4.79 Å². The number of hydrogen-bond donors (Lipinski definition) is 1. The van der Waals surface area contributed by atoms with Gasteiger partial charge in [-0.2, -0.15) is 0 Å². The Morgan fingerprint density at radius 1 is 1.17 bits per heavy atom. The molecule has 1 heterocycles. The van der Waals surface area contributed by atoms with Crippen molar-refractivity contribution in [3.63, 3.8) is 0 Å². The number of hydrogen-bond acceptors (Lipinski definition) is 2. The molecule has 0 saturated carbocycles. The Morgan fingerprint density at radius 3 is 2.58 bits per heavy atom. The van der Waals surface area contributed by atoms with Crippen molar-refractivity contribution in [2.24, 2.45) is 0 Å². The monoisotopic (exact) mass is 359 g/mol. The minimum atomic E-state index is -0.171. The molecule has 3 rings (SSSR count). The van der Waals surface area contributed by atoms with Gasteiger partial charge in [0, 0.05) is 23.9 Å². The number of aromatic nitrogens is 2. The number of benzene rings is 2. The summed E-state index contributed by atoms with van der Waals surface area (Å²) in [4.78, 5) is 16.1. The third-order valence-electron chi connectivity index (χ3n) is 3.47. The first-order valence-corrected chi connectivity index (χ1v) is 8.14. The fraction of sp³-hybridized carbons (Fsp3) is 0.111. The van der Waals surface area contributed by atoms with Crippen LogP contribution in [0.2, 0.25) is 10.0 Å². The summed E-state index contributed by atoms with van der Waals surface area (Å²) >= 11 is 12.2. The summed E-state index contributed by atoms with van der Waals surface area (Å²) in [6.45, 7) is 1.46. The molecule has 1 N–H and O–H groups in total. The molecular weight excluding hydrogens is 345 g/mol. The first kappa shape index (κ1) is 16.6. The maximum Gasteiger partial charge on any atom is 0.235 e. The van der Waals surface area contributed by atoms with Crippen molar-refractivity contribution in [2.45, 2.75) is 13.3 Å². The maximum absolute atomic E-state index is 11.5. The van der Waals surface area contributed by atoms with Gasteiger partial charge in [-0.15, -0.1) is 0 Å². The van der Waals surface area contributed by atoms with Gasteiger partial charge in [-0.25, -0.2) is 9.66 Å². The van der Waals surface area contributed by atoms with Crippen LogP contribution in [0.1, 0.15) is 18.3 Å². The van der Waals surface area contributed by atoms with Gasteiger partial charge in [-0.05, 0) is 23.8 Å². The smallest absolute Gasteiger partial charge is 0.235 e. The van der Waals surface area contributed by atoms with Crippen LogP contribution in [0.4, 0.5) is 0 Å². The highest BCUT2D eigenvalue weighted by Crippen LogP contribution is 2.30. The van der Waals surface area contributed by atoms with Gasteiger partial charge in [0.15, 0.2) is 0 Å². The summed E-state index contributed by atoms with van der Waals surface area (Å²) in [5.41, 5.74) is 5.30. The van der Waals surface area contributed by atoms with Gasteiger partial charge in [0.1, 0.15) is 5.82 Å². The van der Waals surface area contributed by atoms with Gasteiger partial charge in [0.2, 0.25) is 5.91 Å². The summed E-state index contributed by atoms with van der Waals surface area (Å²) < 4.78 is 1.63. The first-order valence-electron chi connectivity index (χ1n) is 7.38. The maximum atomic E-state index is 11.5. The SMILES string of the molecule is CC(=O)Nn1cc(-c2ccc(Cl)cc2Cl)nc1Cc1ccccc1. The van der Waals surface area contributed by atoms with Crippen molar-refractivity contribution in [2.75, 3.05) is 5.43 Å². The van der Waals surface area contributed by atoms with Crippen molar-refractivity contribution in [3.8, 4) is 11.3 Å². The Morgan fingerprint density at radius 2 is 1.92 bits per heavy atom. The first-order chi connectivity index (χ1) is 11.5. The predicted molar refractivity (Wildman–Crippen MR) is 97.0 cm³/mol. The zero-order valence-electron chi connectivity index (χ0n) is 13.0. The molecule has 1 aromatic heterocycles. The molecule has 0 unspecified atom stereocenters. The molecule has 4 nitrogen and oxygen atoms in total. The molecule has 2 aromatic carbocycles. The van der Waals surface area contributed by atoms with E-state index in [1.807, 2.05) is 36.4 Å². The number of amides is 1. The van der Waals surface area contributed by atoms with Crippen LogP contribution in [0.3, 0.4) is 0 Å². The molecule has 1 amide bonds. The number of nitrogens with zero attached hydrogens (tertiary/aromatic N) is 2. The summed E-state index contributed by atoms with van der Waals surface area (Å²) in [7, 11) is 0. The van der Waals surface area contributed by atoms with E-state index in [2.05, 4.69) is 10.4 Å². The quantitative estimate of drug-likeness (QED) is 0.743. The normalized spacial score (nSPS) is 10.6. The topological polar surface area (TPSA) is 46.9 Å². The molecule has 0 spiro atoms. The van der Waals surface area contributed by atoms with E-state index in [1.54, 1.807) is 23.0 Å². The molecule has 0 aliphatic carbocycles. The number of carbonyl (C=O) groups is 1. The van der Waals surface area contributed by atoms with E-state index in [0.717, 1.165) is 17.0 Å². The average molecular weight is 360 g/mol. The van der Waals surface area contributed by atoms with Crippen molar-refractivity contribution >= 4 is 29.1 Å². The molecule has 24 heavy (non-hydrogen) atoms. The lowest BCUT2D eigenvalue weighted by Gasteiger charge is -2.07. The second-order valence-corrected chi connectivity index (χ2v) is 6.21. The Labute approximate surface area is 150 Å². The van der Waals surface area contributed by atoms with Crippen LogP contribution >= 0.6 is 23.2 Å². The summed E-state index contributed by atoms with van der Waals surface area (Å²) in [6, 6.07) is 15.2. The largest absolute Gasteiger partial charge is 0.274 e. The van der Waals surface area contributed by atoms with Crippen LogP contribution < -0.4 is 5.43 Å². The van der Waals surface area contributed by atoms with Gasteiger partial charge in [0.05, 0.1) is 16.9 Å². The van der Waals surface area contributed by atoms with Crippen LogP contribution in [0, 0.1) is 0 Å². The molecule has 0 atom stereocenters. The van der Waals surface area contributed by atoms with Crippen LogP contribution in [0.5, 0.6) is 0 Å². The van der Waals surface area contributed by atoms with E-state index in [0.29, 0.717) is 22.2 Å². The Hall–Kier alpha value is -2.30. The second-order valence-electron chi connectivity index (χ2n) is 5.37. The fourth-order valence-corrected chi connectivity index (χ4v) is 2.92. The number of nitrogens with one attached hydrogen (secondary N) is 1. The zero-order chi connectivity index (χ0) is 17.1. The van der Waals surface area contributed by atoms with E-state index in [-0.39, 0.29) is 5.91 Å². The molecule has 0 saturated heterocycles. The lowest BCUT2D eigenvalue weighted by Crippen LogP contribution is -2.21. The zero-order valence-corrected chi connectivity index (χ0v) is 14.5. The van der Waals surface area contributed by atoms with Crippen molar-refractivity contribution in [3.05, 3.63) is 76.2 Å². The van der Waals surface area contributed by atoms with Gasteiger partial charge >= 0.3 is 0 Å². The molecule has 3 aromatic rings. The van der Waals surface area contributed by atoms with E-state index < -0.39 is 0 Å². The molecule has 0 aliphatic rings. The molecule has 0 bridgehead atoms. The predicted octanol–water partition coefficient (Wildman–Crippen LogP) is 4.54. The molecule has 6 heteroatoms. The minimum absolute atomic E-state index is 0.171. The van der Waals surface area contributed by atoms with Crippen LogP contribution in [0.25, 0.3) is 11.3 Å². The highest BCUT2D eigenvalue weighted by atomic mass is 35.5. The van der Waals surface area contributed by atoms with Crippen LogP contribution in [-0.4, -0.2) is 15.6 Å². The second kappa shape index (κ2) is 7.07. The number of rotatable bonds is 4. The van der Waals surface area contributed by atoms with Crippen molar-refractivity contribution < 1.29 is 4.79 Å². The lowest BCUT2D eigenvalue weighted by molar-refractivity contribution is -0.115. The molecule has 0 aliphatic heterocycles. The van der Waals surface area contributed by atoms with Gasteiger partial charge in [-0.1, -0.05) is 53.5 Å². The Balaban J connectivity index is 2.01. The Bertz CT molecular complexity index is 875. The number of carbonyl (C=O) groups excluding carboxylic acids is 1. The van der Waals surface area contributed by atoms with Crippen LogP contribution in [0.15, 0.2) is 54.7 Å². The van der Waals surface area contributed by atoms with Crippen LogP contribution in [-0.2, 0) is 11.2 Å². The summed E-state index contributed by atoms with van der Waals surface area (Å²) in [5.74, 6) is 0.549. The third-order valence-corrected chi connectivity index (χ3v) is 4.02. The molecule has 0 radical (unpaired) electrons. The Kier molecular flexibility index (Phi) is 4.88. The van der Waals surface area contributed by atoms with Crippen molar-refractivity contribution in [1.82, 2.24) is 9.66 Å². The van der Waals surface area contributed by atoms with Gasteiger partial charge in [-0.3, -0.25) is 10.2 Å². The fourth-order valence-electron chi connectivity index (χ4n) is 2.42. The third kappa shape index (κ3) is 3.78. The summed E-state index contributed by atoms with van der Waals surface area (Å²) in [5, 5.41) is 1.08. The molecular formula is C18H15Cl2N3O. The van der Waals surface area contributed by atoms with E-state index >= 15 is 0 Å². The number of halogens is 2. The summed E-state index contributed by atoms with van der Waals surface area (Å²) in [6.07, 6.45) is 2.35. The minimum Gasteiger partial charge on any atom is -0.274 e. The van der Waals surface area contributed by atoms with Gasteiger partial charge in [0.25, 0.3) is 0 Å². The van der Waals surface area contributed by atoms with Crippen molar-refractivity contribution in [1.29, 1.82) is 0 Å².